The van der Waals surface area contributed by atoms with Crippen molar-refractivity contribution in [3.05, 3.63) is 108 Å². The van der Waals surface area contributed by atoms with E-state index in [9.17, 15) is 0 Å². The summed E-state index contributed by atoms with van der Waals surface area (Å²) in [6, 6.07) is 30.6. The number of rotatable bonds is 0. The van der Waals surface area contributed by atoms with Crippen LogP contribution in [0.25, 0.3) is 10.8 Å². The maximum atomic E-state index is 8.63. The third kappa shape index (κ3) is 4.64. The van der Waals surface area contributed by atoms with Gasteiger partial charge >= 0.3 is 0 Å². The summed E-state index contributed by atoms with van der Waals surface area (Å²) in [5.41, 5.74) is 3.06. The van der Waals surface area contributed by atoms with E-state index >= 15 is 0 Å². The van der Waals surface area contributed by atoms with Gasteiger partial charge in [0.05, 0.1) is 0 Å². The predicted molar refractivity (Wildman–Crippen MR) is 108 cm³/mol. The highest BCUT2D eigenvalue weighted by Gasteiger charge is 2.11. The van der Waals surface area contributed by atoms with Crippen molar-refractivity contribution < 1.29 is 10.2 Å². The third-order valence-corrected chi connectivity index (χ3v) is 4.25. The number of para-hydroxylation sites is 2. The Morgan fingerprint density at radius 2 is 0.885 bits per heavy atom. The lowest BCUT2D eigenvalue weighted by atomic mass is 10.1. The van der Waals surface area contributed by atoms with Gasteiger partial charge in [0.15, 0.2) is 0 Å². The second-order valence-corrected chi connectivity index (χ2v) is 6.10. The van der Waals surface area contributed by atoms with Crippen molar-refractivity contribution in [3.63, 3.8) is 0 Å². The minimum absolute atomic E-state index is 0.322. The van der Waals surface area contributed by atoms with Crippen LogP contribution in [0.1, 0.15) is 11.1 Å². The van der Waals surface area contributed by atoms with Crippen molar-refractivity contribution in [3.8, 4) is 11.5 Å². The highest BCUT2D eigenvalue weighted by Crippen LogP contribution is 2.29. The van der Waals surface area contributed by atoms with Crippen molar-refractivity contribution in [1.29, 1.82) is 0 Å². The fraction of sp³-hybridized carbons (Fsp3) is 0.0833. The smallest absolute Gasteiger partial charge is 0.115 e. The summed E-state index contributed by atoms with van der Waals surface area (Å²) in [6.07, 6.45) is 2.47. The van der Waals surface area contributed by atoms with Crippen molar-refractivity contribution in [2.75, 3.05) is 0 Å². The zero-order valence-corrected chi connectivity index (χ0v) is 14.5. The zero-order chi connectivity index (χ0) is 18.2. The van der Waals surface area contributed by atoms with Crippen LogP contribution < -0.4 is 0 Å². The van der Waals surface area contributed by atoms with Gasteiger partial charge in [-0.05, 0) is 59.0 Å². The first-order valence-electron chi connectivity index (χ1n) is 8.71. The Hall–Kier alpha value is -3.26. The summed E-state index contributed by atoms with van der Waals surface area (Å²) in [6.45, 7) is 0. The molecule has 0 atom stereocenters. The summed E-state index contributed by atoms with van der Waals surface area (Å²) in [5, 5.41) is 20.2. The molecular formula is C24H22O2. The molecule has 0 radical (unpaired) electrons. The minimum atomic E-state index is 0.322. The van der Waals surface area contributed by atoms with Gasteiger partial charge in [-0.25, -0.2) is 0 Å². The molecule has 0 aliphatic heterocycles. The topological polar surface area (TPSA) is 40.5 Å². The van der Waals surface area contributed by atoms with Gasteiger partial charge in [0, 0.05) is 0 Å². The number of phenolic OH excluding ortho intramolecular Hbond substituents is 2. The Morgan fingerprint density at radius 3 is 1.23 bits per heavy atom. The molecule has 1 aliphatic carbocycles. The average molecular weight is 342 g/mol. The number of hydrogen-bond donors (Lipinski definition) is 2. The predicted octanol–water partition coefficient (Wildman–Crippen LogP) is 5.72. The van der Waals surface area contributed by atoms with E-state index in [-0.39, 0.29) is 0 Å². The Bertz CT molecular complexity index is 871. The number of benzene rings is 4. The molecule has 1 aliphatic rings. The maximum absolute atomic E-state index is 8.63. The molecule has 130 valence electrons. The Morgan fingerprint density at radius 1 is 0.462 bits per heavy atom. The SMILES string of the molecule is Oc1ccccc1.Oc1ccccc1.c1cc2c3c(cccc3c1)CC2. The van der Waals surface area contributed by atoms with Crippen LogP contribution in [0.15, 0.2) is 97.1 Å². The van der Waals surface area contributed by atoms with Gasteiger partial charge < -0.3 is 10.2 Å². The van der Waals surface area contributed by atoms with Gasteiger partial charge in [0.1, 0.15) is 11.5 Å². The molecule has 4 aromatic carbocycles. The van der Waals surface area contributed by atoms with Gasteiger partial charge in [0.25, 0.3) is 0 Å². The molecule has 0 spiro atoms. The minimum Gasteiger partial charge on any atom is -0.508 e. The maximum Gasteiger partial charge on any atom is 0.115 e. The lowest BCUT2D eigenvalue weighted by molar-refractivity contribution is 0.475. The number of phenols is 2. The van der Waals surface area contributed by atoms with E-state index in [0.717, 1.165) is 0 Å². The molecule has 0 bridgehead atoms. The quantitative estimate of drug-likeness (QED) is 0.429. The fourth-order valence-corrected chi connectivity index (χ4v) is 3.04. The summed E-state index contributed by atoms with van der Waals surface area (Å²) >= 11 is 0. The van der Waals surface area contributed by atoms with E-state index in [0.29, 0.717) is 11.5 Å². The molecule has 2 N–H and O–H groups in total. The van der Waals surface area contributed by atoms with Gasteiger partial charge in [-0.2, -0.15) is 0 Å². The zero-order valence-electron chi connectivity index (χ0n) is 14.5. The lowest BCUT2D eigenvalue weighted by Gasteiger charge is -1.99. The van der Waals surface area contributed by atoms with Crippen LogP contribution in [-0.4, -0.2) is 10.2 Å². The van der Waals surface area contributed by atoms with Crippen molar-refractivity contribution in [1.82, 2.24) is 0 Å². The Balaban J connectivity index is 0.000000122. The molecule has 0 aromatic heterocycles. The molecule has 4 aromatic rings. The standard InChI is InChI=1S/C12H10.2C6H6O/c1-3-9-4-2-6-11-8-7-10(5-1)12(9)11;2*7-6-4-2-1-3-5-6/h1-6H,7-8H2;2*1-5,7H. The van der Waals surface area contributed by atoms with Gasteiger partial charge in [0.2, 0.25) is 0 Å². The molecule has 0 heterocycles. The second-order valence-electron chi connectivity index (χ2n) is 6.10. The van der Waals surface area contributed by atoms with E-state index in [2.05, 4.69) is 36.4 Å². The van der Waals surface area contributed by atoms with Crippen LogP contribution >= 0.6 is 0 Å². The van der Waals surface area contributed by atoms with Crippen LogP contribution in [0.4, 0.5) is 0 Å². The summed E-state index contributed by atoms with van der Waals surface area (Å²) < 4.78 is 0. The molecule has 0 saturated carbocycles. The summed E-state index contributed by atoms with van der Waals surface area (Å²) in [5.74, 6) is 0.644. The summed E-state index contributed by atoms with van der Waals surface area (Å²) in [7, 11) is 0. The monoisotopic (exact) mass is 342 g/mol. The fourth-order valence-electron chi connectivity index (χ4n) is 3.04. The third-order valence-electron chi connectivity index (χ3n) is 4.25. The van der Waals surface area contributed by atoms with Crippen molar-refractivity contribution in [2.45, 2.75) is 12.8 Å². The van der Waals surface area contributed by atoms with Crippen LogP contribution in [0.2, 0.25) is 0 Å². The molecule has 2 heteroatoms. The van der Waals surface area contributed by atoms with E-state index in [1.165, 1.54) is 34.7 Å². The normalized spacial score (nSPS) is 11.1. The lowest BCUT2D eigenvalue weighted by Crippen LogP contribution is -1.76. The number of hydrogen-bond acceptors (Lipinski definition) is 2. The van der Waals surface area contributed by atoms with Gasteiger partial charge in [-0.3, -0.25) is 0 Å². The van der Waals surface area contributed by atoms with E-state index < -0.39 is 0 Å². The Labute approximate surface area is 154 Å². The van der Waals surface area contributed by atoms with Crippen LogP contribution in [0.5, 0.6) is 11.5 Å². The highest BCUT2D eigenvalue weighted by atomic mass is 16.3. The molecule has 0 unspecified atom stereocenters. The molecule has 0 saturated heterocycles. The summed E-state index contributed by atoms with van der Waals surface area (Å²) in [4.78, 5) is 0. The van der Waals surface area contributed by atoms with Crippen molar-refractivity contribution >= 4 is 10.8 Å². The molecule has 26 heavy (non-hydrogen) atoms. The molecular weight excluding hydrogens is 320 g/mol. The van der Waals surface area contributed by atoms with Crippen LogP contribution in [-0.2, 0) is 12.8 Å². The molecule has 2 nitrogen and oxygen atoms in total. The Kier molecular flexibility index (Phi) is 5.89. The van der Waals surface area contributed by atoms with E-state index in [4.69, 9.17) is 10.2 Å². The molecule has 0 amide bonds. The first kappa shape index (κ1) is 17.6. The number of aromatic hydroxyl groups is 2. The van der Waals surface area contributed by atoms with Gasteiger partial charge in [-0.15, -0.1) is 0 Å². The largest absolute Gasteiger partial charge is 0.508 e. The number of aryl methyl sites for hydroxylation is 2. The first-order chi connectivity index (χ1) is 12.7. The second kappa shape index (κ2) is 8.72. The van der Waals surface area contributed by atoms with Gasteiger partial charge in [-0.1, -0.05) is 72.8 Å². The van der Waals surface area contributed by atoms with Crippen LogP contribution in [0, 0.1) is 0 Å². The van der Waals surface area contributed by atoms with E-state index in [1.807, 2.05) is 12.1 Å². The average Bonchev–Trinajstić information content (AvgIpc) is 3.10. The van der Waals surface area contributed by atoms with E-state index in [1.54, 1.807) is 48.5 Å². The molecule has 5 rings (SSSR count). The highest BCUT2D eigenvalue weighted by molar-refractivity contribution is 5.90. The first-order valence-corrected chi connectivity index (χ1v) is 8.71. The molecule has 0 fully saturated rings. The van der Waals surface area contributed by atoms with Crippen LogP contribution in [0.3, 0.4) is 0 Å². The van der Waals surface area contributed by atoms with Crippen molar-refractivity contribution in [2.24, 2.45) is 0 Å².